The van der Waals surface area contributed by atoms with Crippen molar-refractivity contribution in [2.75, 3.05) is 0 Å². The van der Waals surface area contributed by atoms with Gasteiger partial charge in [-0.25, -0.2) is 16.8 Å². The van der Waals surface area contributed by atoms with Crippen molar-refractivity contribution in [3.8, 4) is 0 Å². The van der Waals surface area contributed by atoms with E-state index in [-0.39, 0.29) is 21.7 Å². The lowest BCUT2D eigenvalue weighted by molar-refractivity contribution is 0.283. The molecule has 6 heteroatoms. The minimum Gasteiger partial charge on any atom is -0.228 e. The van der Waals surface area contributed by atoms with Crippen LogP contribution in [0.4, 0.5) is 0 Å². The van der Waals surface area contributed by atoms with Gasteiger partial charge >= 0.3 is 0 Å². The second-order valence-electron chi connectivity index (χ2n) is 16.0. The zero-order valence-electron chi connectivity index (χ0n) is 24.7. The van der Waals surface area contributed by atoms with Crippen molar-refractivity contribution < 1.29 is 16.8 Å². The second kappa shape index (κ2) is 7.71. The molecule has 0 aliphatic heterocycles. The van der Waals surface area contributed by atoms with Crippen LogP contribution in [-0.4, -0.2) is 35.8 Å². The fraction of sp³-hybridized carbons (Fsp3) is 1.00. The second-order valence-corrected chi connectivity index (χ2v) is 21.4. The summed E-state index contributed by atoms with van der Waals surface area (Å²) >= 11 is 0. The topological polar surface area (TPSA) is 68.3 Å². The lowest BCUT2D eigenvalue weighted by Crippen LogP contribution is -2.53. The maximum Gasteiger partial charge on any atom is 0.162 e. The molecule has 0 radical (unpaired) electrons. The summed E-state index contributed by atoms with van der Waals surface area (Å²) in [4.78, 5) is 0. The molecule has 0 heterocycles. The van der Waals surface area contributed by atoms with Crippen LogP contribution in [0.15, 0.2) is 0 Å². The molecule has 0 amide bonds. The third-order valence-corrected chi connectivity index (χ3v) is 18.3. The lowest BCUT2D eigenvalue weighted by atomic mass is 9.82. The van der Waals surface area contributed by atoms with E-state index in [0.717, 1.165) is 38.5 Å². The molecule has 3 fully saturated rings. The van der Waals surface area contributed by atoms with E-state index in [2.05, 4.69) is 62.3 Å². The summed E-state index contributed by atoms with van der Waals surface area (Å²) < 4.78 is 50.2. The smallest absolute Gasteiger partial charge is 0.162 e. The standard InChI is InChI=1S/C14H26O2S.C14H28O2S/c1-11(2,3)13(7-8-13)17(15,16)14(9-10-14)12(4,5)6;1-11(2,3)13(7,8)17(15,16)14(9-10-14)12(4,5)6/h7-10H2,1-6H3;9-10H2,1-8H3. The Bertz CT molecular complexity index is 855. The molecular weight excluding hydrogens is 464 g/mol. The normalized spacial score (nSPS) is 24.1. The summed E-state index contributed by atoms with van der Waals surface area (Å²) in [6, 6.07) is 0. The predicted molar refractivity (Wildman–Crippen MR) is 146 cm³/mol. The molecule has 3 saturated carbocycles. The highest BCUT2D eigenvalue weighted by molar-refractivity contribution is 7.95. The van der Waals surface area contributed by atoms with Crippen LogP contribution in [0.25, 0.3) is 0 Å². The Morgan fingerprint density at radius 1 is 0.441 bits per heavy atom. The van der Waals surface area contributed by atoms with Gasteiger partial charge in [0.15, 0.2) is 19.7 Å². The fourth-order valence-electron chi connectivity index (χ4n) is 5.87. The molecule has 0 aromatic rings. The number of sulfone groups is 2. The zero-order valence-corrected chi connectivity index (χ0v) is 26.3. The first-order valence-electron chi connectivity index (χ1n) is 13.1. The highest BCUT2D eigenvalue weighted by Crippen LogP contribution is 2.67. The van der Waals surface area contributed by atoms with Gasteiger partial charge in [-0.2, -0.15) is 0 Å². The van der Waals surface area contributed by atoms with Crippen LogP contribution in [0.1, 0.15) is 135 Å². The molecule has 0 aromatic heterocycles. The summed E-state index contributed by atoms with van der Waals surface area (Å²) in [5, 5.41) is 0. The maximum absolute atomic E-state index is 13.1. The van der Waals surface area contributed by atoms with Crippen molar-refractivity contribution in [3.63, 3.8) is 0 Å². The molecule has 34 heavy (non-hydrogen) atoms. The van der Waals surface area contributed by atoms with Crippen LogP contribution < -0.4 is 0 Å². The van der Waals surface area contributed by atoms with Gasteiger partial charge in [0, 0.05) is 0 Å². The van der Waals surface area contributed by atoms with Crippen LogP contribution in [0, 0.1) is 21.7 Å². The first-order valence-corrected chi connectivity index (χ1v) is 16.1. The number of hydrogen-bond acceptors (Lipinski definition) is 4. The Morgan fingerprint density at radius 2 is 0.676 bits per heavy atom. The molecule has 202 valence electrons. The van der Waals surface area contributed by atoms with Gasteiger partial charge in [-0.3, -0.25) is 0 Å². The third-order valence-electron chi connectivity index (χ3n) is 10.2. The average molecular weight is 519 g/mol. The molecule has 0 bridgehead atoms. The van der Waals surface area contributed by atoms with Gasteiger partial charge in [0.25, 0.3) is 0 Å². The van der Waals surface area contributed by atoms with Gasteiger partial charge in [0.1, 0.15) is 0 Å². The van der Waals surface area contributed by atoms with Crippen molar-refractivity contribution >= 4 is 19.7 Å². The van der Waals surface area contributed by atoms with Crippen LogP contribution in [0.5, 0.6) is 0 Å². The number of rotatable bonds is 4. The van der Waals surface area contributed by atoms with Crippen LogP contribution in [-0.2, 0) is 19.7 Å². The molecule has 0 atom stereocenters. The van der Waals surface area contributed by atoms with E-state index in [1.54, 1.807) is 0 Å². The summed E-state index contributed by atoms with van der Waals surface area (Å²) in [6.45, 7) is 28.5. The Hall–Kier alpha value is -0.100. The van der Waals surface area contributed by atoms with E-state index in [1.165, 1.54) is 0 Å². The molecule has 0 aromatic carbocycles. The molecule has 0 unspecified atom stereocenters. The lowest BCUT2D eigenvalue weighted by Gasteiger charge is -2.44. The summed E-state index contributed by atoms with van der Waals surface area (Å²) in [5.74, 6) is 0. The average Bonchev–Trinajstić information content (AvgIpc) is 3.42. The van der Waals surface area contributed by atoms with Gasteiger partial charge < -0.3 is 0 Å². The van der Waals surface area contributed by atoms with Crippen molar-refractivity contribution in [2.45, 2.75) is 154 Å². The molecule has 3 rings (SSSR count). The minimum absolute atomic E-state index is 0.132. The molecule has 4 nitrogen and oxygen atoms in total. The highest BCUT2D eigenvalue weighted by atomic mass is 32.2. The van der Waals surface area contributed by atoms with Crippen molar-refractivity contribution in [1.82, 2.24) is 0 Å². The first kappa shape index (κ1) is 30.1. The van der Waals surface area contributed by atoms with Crippen LogP contribution in [0.3, 0.4) is 0 Å². The summed E-state index contributed by atoms with van der Waals surface area (Å²) in [6.07, 6.45) is 5.07. The third kappa shape index (κ3) is 4.03. The van der Waals surface area contributed by atoms with E-state index in [4.69, 9.17) is 0 Å². The van der Waals surface area contributed by atoms with E-state index in [0.29, 0.717) is 0 Å². The molecule has 0 N–H and O–H groups in total. The van der Waals surface area contributed by atoms with Crippen molar-refractivity contribution in [3.05, 3.63) is 0 Å². The monoisotopic (exact) mass is 518 g/mol. The Balaban J connectivity index is 0.000000240. The van der Waals surface area contributed by atoms with Crippen molar-refractivity contribution in [1.29, 1.82) is 0 Å². The van der Waals surface area contributed by atoms with E-state index >= 15 is 0 Å². The van der Waals surface area contributed by atoms with Gasteiger partial charge in [-0.15, -0.1) is 0 Å². The molecule has 3 aliphatic carbocycles. The SMILES string of the molecule is CC(C)(C)C(C)(C)S(=O)(=O)C1(C(C)(C)C)CC1.CC(C)(C)C1(S(=O)(=O)C2(C(C)(C)C)CC2)CC1. The van der Waals surface area contributed by atoms with E-state index in [9.17, 15) is 16.8 Å². The van der Waals surface area contributed by atoms with E-state index in [1.807, 2.05) is 34.6 Å². The highest BCUT2D eigenvalue weighted by Gasteiger charge is 2.73. The van der Waals surface area contributed by atoms with E-state index < -0.39 is 38.7 Å². The molecule has 0 spiro atoms. The molecular formula is C28H54O4S2. The quantitative estimate of drug-likeness (QED) is 0.390. The van der Waals surface area contributed by atoms with Gasteiger partial charge in [0.05, 0.1) is 19.0 Å². The molecule has 0 saturated heterocycles. The summed E-state index contributed by atoms with van der Waals surface area (Å²) in [5.41, 5.74) is -0.680. The predicted octanol–water partition coefficient (Wildman–Crippen LogP) is 7.36. The van der Waals surface area contributed by atoms with Crippen LogP contribution in [0.2, 0.25) is 0 Å². The zero-order chi connectivity index (χ0) is 27.2. The van der Waals surface area contributed by atoms with Gasteiger partial charge in [-0.05, 0) is 74.0 Å². The van der Waals surface area contributed by atoms with Crippen LogP contribution >= 0.6 is 0 Å². The first-order chi connectivity index (χ1) is 14.6. The fourth-order valence-corrected chi connectivity index (χ4v) is 12.7. The summed E-state index contributed by atoms with van der Waals surface area (Å²) in [7, 11) is -6.17. The Kier molecular flexibility index (Phi) is 6.83. The van der Waals surface area contributed by atoms with Gasteiger partial charge in [-0.1, -0.05) is 83.1 Å². The Labute approximate surface area is 212 Å². The minimum atomic E-state index is -3.14. The van der Waals surface area contributed by atoms with Gasteiger partial charge in [0.2, 0.25) is 0 Å². The maximum atomic E-state index is 13.1. The Morgan fingerprint density at radius 3 is 0.824 bits per heavy atom. The molecule has 3 aliphatic rings. The number of hydrogen-bond donors (Lipinski definition) is 0. The van der Waals surface area contributed by atoms with Crippen molar-refractivity contribution in [2.24, 2.45) is 21.7 Å². The largest absolute Gasteiger partial charge is 0.228 e.